The van der Waals surface area contributed by atoms with Crippen LogP contribution in [0.1, 0.15) is 46.3 Å². The number of aliphatic imine (C=N–C) groups is 1. The number of aromatic nitrogens is 4. The zero-order valence-electron chi connectivity index (χ0n) is 21.7. The molecule has 0 spiro atoms. The third kappa shape index (κ3) is 4.58. The molecule has 0 radical (unpaired) electrons. The van der Waals surface area contributed by atoms with Crippen molar-refractivity contribution in [1.82, 2.24) is 19.5 Å². The van der Waals surface area contributed by atoms with Crippen LogP contribution in [0.2, 0.25) is 0 Å². The summed E-state index contributed by atoms with van der Waals surface area (Å²) in [7, 11) is 0. The lowest BCUT2D eigenvalue weighted by molar-refractivity contribution is -0.152. The predicted octanol–water partition coefficient (Wildman–Crippen LogP) is 5.23. The summed E-state index contributed by atoms with van der Waals surface area (Å²) in [6.07, 6.45) is 4.17. The van der Waals surface area contributed by atoms with E-state index in [-0.39, 0.29) is 11.5 Å². The van der Waals surface area contributed by atoms with Gasteiger partial charge in [-0.25, -0.2) is 24.7 Å². The first kappa shape index (κ1) is 25.0. The Morgan fingerprint density at radius 3 is 2.39 bits per heavy atom. The number of nitrogens with zero attached hydrogens (tertiary/aromatic N) is 7. The van der Waals surface area contributed by atoms with Gasteiger partial charge >= 0.3 is 5.97 Å². The molecule has 1 unspecified atom stereocenters. The number of anilines is 1. The number of benzene rings is 2. The molecular formula is C27H28N8O3. The summed E-state index contributed by atoms with van der Waals surface area (Å²) < 4.78 is 7.98. The number of carbonyl (C=O) groups is 1. The zero-order chi connectivity index (χ0) is 27.2. The molecule has 194 valence electrons. The van der Waals surface area contributed by atoms with Gasteiger partial charge in [-0.05, 0) is 70.5 Å². The normalized spacial score (nSPS) is 15.3. The van der Waals surface area contributed by atoms with E-state index in [4.69, 9.17) is 15.5 Å². The maximum Gasteiger partial charge on any atom is 0.347 e. The van der Waals surface area contributed by atoms with Crippen LogP contribution in [0.15, 0.2) is 64.0 Å². The molecule has 2 aromatic carbocycles. The maximum absolute atomic E-state index is 11.6. The molecule has 5 rings (SSSR count). The number of hydrogen-bond donors (Lipinski definition) is 2. The molecule has 0 amide bonds. The summed E-state index contributed by atoms with van der Waals surface area (Å²) in [5.41, 5.74) is 8.89. The van der Waals surface area contributed by atoms with Crippen LogP contribution in [0.3, 0.4) is 0 Å². The van der Waals surface area contributed by atoms with Crippen molar-refractivity contribution in [3.63, 3.8) is 0 Å². The van der Waals surface area contributed by atoms with Crippen LogP contribution in [-0.2, 0) is 10.3 Å². The molecule has 0 bridgehead atoms. The highest BCUT2D eigenvalue weighted by molar-refractivity contribution is 5.86. The number of fused-ring (bicyclic) bond motifs is 1. The van der Waals surface area contributed by atoms with E-state index in [2.05, 4.69) is 50.5 Å². The number of azo groups is 1. The molecule has 1 atom stereocenters. The van der Waals surface area contributed by atoms with Gasteiger partial charge in [0.05, 0.1) is 11.0 Å². The van der Waals surface area contributed by atoms with Gasteiger partial charge in [0.25, 0.3) is 0 Å². The topological polar surface area (TPSA) is 153 Å². The average Bonchev–Trinajstić information content (AvgIpc) is 3.52. The summed E-state index contributed by atoms with van der Waals surface area (Å²) in [5.74, 6) is 0.248. The number of imidazole rings is 1. The van der Waals surface area contributed by atoms with E-state index >= 15 is 0 Å². The molecule has 38 heavy (non-hydrogen) atoms. The Hall–Kier alpha value is -4.67. The van der Waals surface area contributed by atoms with Crippen molar-refractivity contribution < 1.29 is 14.6 Å². The van der Waals surface area contributed by atoms with Gasteiger partial charge in [-0.15, -0.1) is 5.11 Å². The molecule has 11 nitrogen and oxygen atoms in total. The number of nitrogen functional groups attached to an aromatic ring is 1. The van der Waals surface area contributed by atoms with Gasteiger partial charge in [0.2, 0.25) is 5.95 Å². The lowest BCUT2D eigenvalue weighted by Gasteiger charge is -2.26. The molecule has 0 fully saturated rings. The Labute approximate surface area is 219 Å². The van der Waals surface area contributed by atoms with Gasteiger partial charge in [0.15, 0.2) is 11.8 Å². The minimum absolute atomic E-state index is 0.215. The minimum Gasteiger partial charge on any atom is -0.478 e. The predicted molar refractivity (Wildman–Crippen MR) is 144 cm³/mol. The molecule has 1 aliphatic heterocycles. The quantitative estimate of drug-likeness (QED) is 0.358. The number of hydrogen-bond acceptors (Lipinski definition) is 9. The van der Waals surface area contributed by atoms with E-state index in [0.717, 1.165) is 33.5 Å². The molecule has 1 aliphatic rings. The molecule has 11 heteroatoms. The van der Waals surface area contributed by atoms with Crippen molar-refractivity contribution in [1.29, 1.82) is 0 Å². The molecular weight excluding hydrogens is 484 g/mol. The minimum atomic E-state index is -1.42. The number of aliphatic carboxylic acids is 1. The maximum atomic E-state index is 11.6. The lowest BCUT2D eigenvalue weighted by atomic mass is 10.0. The standard InChI is InChI=1S/C27H28N8O3/c1-26(2,3)35-21-9-6-15(16-12-29-25(28)30-13-16)10-20(21)33-23(35)18-8-7-17(38-27(4,5)24(36)37)11-19(18)22-31-14-32-34-22/h6-14,22H,1-5H3,(H,36,37)(H2,28,29,30). The zero-order valence-corrected chi connectivity index (χ0v) is 21.7. The number of carboxylic acids is 1. The van der Waals surface area contributed by atoms with Gasteiger partial charge < -0.3 is 20.1 Å². The Balaban J connectivity index is 1.69. The molecule has 0 saturated heterocycles. The molecule has 4 aromatic rings. The van der Waals surface area contributed by atoms with Crippen molar-refractivity contribution in [3.05, 3.63) is 54.4 Å². The summed E-state index contributed by atoms with van der Waals surface area (Å²) >= 11 is 0. The largest absolute Gasteiger partial charge is 0.478 e. The Morgan fingerprint density at radius 2 is 1.76 bits per heavy atom. The number of nitrogens with two attached hydrogens (primary N) is 1. The van der Waals surface area contributed by atoms with Crippen LogP contribution in [0, 0.1) is 0 Å². The van der Waals surface area contributed by atoms with Gasteiger partial charge in [0, 0.05) is 34.6 Å². The summed E-state index contributed by atoms with van der Waals surface area (Å²) in [5, 5.41) is 17.7. The van der Waals surface area contributed by atoms with Crippen molar-refractivity contribution in [2.45, 2.75) is 51.9 Å². The van der Waals surface area contributed by atoms with Crippen molar-refractivity contribution >= 4 is 29.3 Å². The van der Waals surface area contributed by atoms with Gasteiger partial charge in [-0.2, -0.15) is 5.11 Å². The van der Waals surface area contributed by atoms with E-state index in [1.165, 1.54) is 20.2 Å². The van der Waals surface area contributed by atoms with E-state index in [9.17, 15) is 9.90 Å². The number of rotatable bonds is 6. The monoisotopic (exact) mass is 512 g/mol. The first-order valence-electron chi connectivity index (χ1n) is 12.0. The fourth-order valence-corrected chi connectivity index (χ4v) is 4.32. The van der Waals surface area contributed by atoms with Crippen LogP contribution in [-0.4, -0.2) is 42.5 Å². The van der Waals surface area contributed by atoms with Crippen molar-refractivity contribution in [2.75, 3.05) is 5.73 Å². The van der Waals surface area contributed by atoms with Crippen LogP contribution in [0.25, 0.3) is 33.5 Å². The van der Waals surface area contributed by atoms with Crippen LogP contribution >= 0.6 is 0 Å². The summed E-state index contributed by atoms with van der Waals surface area (Å²) in [4.78, 5) is 29.3. The van der Waals surface area contributed by atoms with E-state index < -0.39 is 17.7 Å². The second-order valence-corrected chi connectivity index (χ2v) is 10.5. The van der Waals surface area contributed by atoms with Gasteiger partial charge in [-0.1, -0.05) is 6.07 Å². The van der Waals surface area contributed by atoms with Gasteiger partial charge in [-0.3, -0.25) is 0 Å². The van der Waals surface area contributed by atoms with Crippen LogP contribution in [0.5, 0.6) is 5.75 Å². The highest BCUT2D eigenvalue weighted by Gasteiger charge is 2.31. The fourth-order valence-electron chi connectivity index (χ4n) is 4.32. The lowest BCUT2D eigenvalue weighted by Crippen LogP contribution is -2.37. The molecule has 2 aromatic heterocycles. The molecule has 0 aliphatic carbocycles. The SMILES string of the molecule is CC(C)(Oc1ccc(-c2nc3cc(-c4cnc(N)nc4)ccc3n2C(C)(C)C)c(C2N=CN=N2)c1)C(=O)O. The van der Waals surface area contributed by atoms with Crippen LogP contribution < -0.4 is 10.5 Å². The molecule has 0 saturated carbocycles. The summed E-state index contributed by atoms with van der Waals surface area (Å²) in [6.45, 7) is 9.33. The second-order valence-electron chi connectivity index (χ2n) is 10.5. The van der Waals surface area contributed by atoms with E-state index in [1.54, 1.807) is 24.5 Å². The Kier molecular flexibility index (Phi) is 5.93. The van der Waals surface area contributed by atoms with E-state index in [1.807, 2.05) is 24.3 Å². The third-order valence-electron chi connectivity index (χ3n) is 6.20. The Morgan fingerprint density at radius 1 is 1.03 bits per heavy atom. The fraction of sp³-hybridized carbons (Fsp3) is 0.296. The van der Waals surface area contributed by atoms with Gasteiger partial charge in [0.1, 0.15) is 17.9 Å². The average molecular weight is 513 g/mol. The second kappa shape index (κ2) is 9.02. The first-order valence-corrected chi connectivity index (χ1v) is 12.0. The van der Waals surface area contributed by atoms with Crippen molar-refractivity contribution in [3.8, 4) is 28.3 Å². The van der Waals surface area contributed by atoms with Crippen molar-refractivity contribution in [2.24, 2.45) is 15.2 Å². The molecule has 3 heterocycles. The summed E-state index contributed by atoms with van der Waals surface area (Å²) in [6, 6.07) is 11.4. The Bertz CT molecular complexity index is 1590. The number of carboxylic acid groups (broad SMARTS) is 1. The van der Waals surface area contributed by atoms with E-state index in [0.29, 0.717) is 11.3 Å². The highest BCUT2D eigenvalue weighted by Crippen LogP contribution is 2.39. The number of ether oxygens (including phenoxy) is 1. The molecule has 3 N–H and O–H groups in total. The smallest absolute Gasteiger partial charge is 0.347 e. The van der Waals surface area contributed by atoms with Crippen LogP contribution in [0.4, 0.5) is 5.95 Å². The first-order chi connectivity index (χ1) is 17.9. The highest BCUT2D eigenvalue weighted by atomic mass is 16.5. The third-order valence-corrected chi connectivity index (χ3v) is 6.20.